The van der Waals surface area contributed by atoms with Crippen LogP contribution in [0.1, 0.15) is 47.9 Å². The summed E-state index contributed by atoms with van der Waals surface area (Å²) in [5.41, 5.74) is 1.79. The van der Waals surface area contributed by atoms with Crippen LogP contribution < -0.4 is 5.32 Å². The molecule has 0 aliphatic heterocycles. The van der Waals surface area contributed by atoms with Crippen LogP contribution in [0.5, 0.6) is 0 Å². The number of nitrogens with zero attached hydrogens (tertiary/aromatic N) is 2. The highest BCUT2D eigenvalue weighted by Gasteiger charge is 2.25. The first-order chi connectivity index (χ1) is 9.20. The SMILES string of the molecule is CNc1ccc2c(C(=O)O)nc(C3CCCC3)n2c1. The van der Waals surface area contributed by atoms with E-state index in [0.29, 0.717) is 11.4 Å². The predicted molar refractivity (Wildman–Crippen MR) is 72.9 cm³/mol. The van der Waals surface area contributed by atoms with Gasteiger partial charge < -0.3 is 14.8 Å². The van der Waals surface area contributed by atoms with Crippen molar-refractivity contribution in [1.82, 2.24) is 9.38 Å². The van der Waals surface area contributed by atoms with Crippen LogP contribution in [0, 0.1) is 0 Å². The molecule has 2 aromatic rings. The van der Waals surface area contributed by atoms with Crippen molar-refractivity contribution in [2.45, 2.75) is 31.6 Å². The third-order valence-corrected chi connectivity index (χ3v) is 3.88. The fourth-order valence-corrected chi connectivity index (χ4v) is 2.89. The molecule has 3 rings (SSSR count). The van der Waals surface area contributed by atoms with Crippen molar-refractivity contribution in [2.75, 3.05) is 12.4 Å². The largest absolute Gasteiger partial charge is 0.476 e. The van der Waals surface area contributed by atoms with Gasteiger partial charge in [-0.3, -0.25) is 0 Å². The van der Waals surface area contributed by atoms with Crippen molar-refractivity contribution in [3.63, 3.8) is 0 Å². The van der Waals surface area contributed by atoms with E-state index in [-0.39, 0.29) is 5.69 Å². The van der Waals surface area contributed by atoms with Gasteiger partial charge in [-0.2, -0.15) is 0 Å². The van der Waals surface area contributed by atoms with Gasteiger partial charge in [-0.25, -0.2) is 9.78 Å². The summed E-state index contributed by atoms with van der Waals surface area (Å²) >= 11 is 0. The normalized spacial score (nSPS) is 16.1. The molecule has 19 heavy (non-hydrogen) atoms. The summed E-state index contributed by atoms with van der Waals surface area (Å²) in [7, 11) is 1.85. The maximum Gasteiger partial charge on any atom is 0.356 e. The number of anilines is 1. The Morgan fingerprint density at radius 3 is 2.79 bits per heavy atom. The number of fused-ring (bicyclic) bond motifs is 1. The van der Waals surface area contributed by atoms with Crippen LogP contribution in [0.15, 0.2) is 18.3 Å². The molecule has 2 heterocycles. The molecule has 1 aliphatic carbocycles. The number of nitrogens with one attached hydrogen (secondary N) is 1. The lowest BCUT2D eigenvalue weighted by atomic mass is 10.1. The van der Waals surface area contributed by atoms with Gasteiger partial charge in [0.05, 0.1) is 11.2 Å². The molecule has 0 atom stereocenters. The van der Waals surface area contributed by atoms with E-state index in [2.05, 4.69) is 10.3 Å². The molecule has 1 saturated carbocycles. The molecule has 2 aromatic heterocycles. The van der Waals surface area contributed by atoms with Crippen molar-refractivity contribution in [2.24, 2.45) is 0 Å². The Kier molecular flexibility index (Phi) is 2.89. The molecule has 1 aliphatic rings. The van der Waals surface area contributed by atoms with Crippen molar-refractivity contribution in [1.29, 1.82) is 0 Å². The Balaban J connectivity index is 2.21. The summed E-state index contributed by atoms with van der Waals surface area (Å²) < 4.78 is 1.94. The van der Waals surface area contributed by atoms with Gasteiger partial charge in [-0.05, 0) is 25.0 Å². The topological polar surface area (TPSA) is 66.6 Å². The standard InChI is InChI=1S/C14H17N3O2/c1-15-10-6-7-11-12(14(18)19)16-13(17(11)8-10)9-4-2-3-5-9/h6-9,15H,2-5H2,1H3,(H,18,19). The van der Waals surface area contributed by atoms with Gasteiger partial charge in [0.15, 0.2) is 5.69 Å². The van der Waals surface area contributed by atoms with Crippen LogP contribution in [-0.4, -0.2) is 27.5 Å². The number of pyridine rings is 1. The molecule has 2 N–H and O–H groups in total. The molecule has 0 spiro atoms. The zero-order valence-corrected chi connectivity index (χ0v) is 10.9. The van der Waals surface area contributed by atoms with E-state index in [1.165, 1.54) is 12.8 Å². The highest BCUT2D eigenvalue weighted by molar-refractivity contribution is 5.94. The van der Waals surface area contributed by atoms with E-state index in [9.17, 15) is 9.90 Å². The number of aromatic nitrogens is 2. The molecule has 0 aromatic carbocycles. The second-order valence-corrected chi connectivity index (χ2v) is 5.03. The zero-order chi connectivity index (χ0) is 13.4. The summed E-state index contributed by atoms with van der Waals surface area (Å²) in [4.78, 5) is 15.7. The number of imidazole rings is 1. The molecule has 0 saturated heterocycles. The Morgan fingerprint density at radius 2 is 2.16 bits per heavy atom. The Bertz CT molecular complexity index is 627. The molecule has 0 amide bonds. The van der Waals surface area contributed by atoms with Gasteiger partial charge in [0.25, 0.3) is 0 Å². The second kappa shape index (κ2) is 4.57. The Morgan fingerprint density at radius 1 is 1.42 bits per heavy atom. The van der Waals surface area contributed by atoms with Crippen LogP contribution in [0.3, 0.4) is 0 Å². The van der Waals surface area contributed by atoms with E-state index in [1.807, 2.05) is 29.8 Å². The molecule has 0 bridgehead atoms. The van der Waals surface area contributed by atoms with E-state index in [1.54, 1.807) is 0 Å². The second-order valence-electron chi connectivity index (χ2n) is 5.03. The number of carboxylic acids is 1. The number of rotatable bonds is 3. The summed E-state index contributed by atoms with van der Waals surface area (Å²) in [6.07, 6.45) is 6.54. The smallest absolute Gasteiger partial charge is 0.356 e. The van der Waals surface area contributed by atoms with Crippen LogP contribution in [0.2, 0.25) is 0 Å². The lowest BCUT2D eigenvalue weighted by Gasteiger charge is -2.09. The highest BCUT2D eigenvalue weighted by atomic mass is 16.4. The van der Waals surface area contributed by atoms with E-state index in [0.717, 1.165) is 24.4 Å². The van der Waals surface area contributed by atoms with Gasteiger partial charge in [0.1, 0.15) is 5.82 Å². The molecule has 5 heteroatoms. The van der Waals surface area contributed by atoms with Crippen molar-refractivity contribution >= 4 is 17.2 Å². The molecule has 5 nitrogen and oxygen atoms in total. The van der Waals surface area contributed by atoms with E-state index >= 15 is 0 Å². The molecule has 1 fully saturated rings. The number of aromatic carboxylic acids is 1. The minimum absolute atomic E-state index is 0.157. The van der Waals surface area contributed by atoms with Crippen molar-refractivity contribution in [3.05, 3.63) is 29.8 Å². The molecule has 100 valence electrons. The summed E-state index contributed by atoms with van der Waals surface area (Å²) in [5, 5.41) is 12.4. The highest BCUT2D eigenvalue weighted by Crippen LogP contribution is 2.34. The first kappa shape index (κ1) is 12.0. The molecular weight excluding hydrogens is 242 g/mol. The minimum Gasteiger partial charge on any atom is -0.476 e. The lowest BCUT2D eigenvalue weighted by molar-refractivity contribution is 0.0693. The maximum atomic E-state index is 11.3. The molecule has 0 radical (unpaired) electrons. The van der Waals surface area contributed by atoms with Crippen LogP contribution >= 0.6 is 0 Å². The van der Waals surface area contributed by atoms with Crippen LogP contribution in [0.25, 0.3) is 5.52 Å². The average Bonchev–Trinajstić information content (AvgIpc) is 3.04. The first-order valence-corrected chi connectivity index (χ1v) is 6.63. The molecular formula is C14H17N3O2. The fraction of sp³-hybridized carbons (Fsp3) is 0.429. The third-order valence-electron chi connectivity index (χ3n) is 3.88. The van der Waals surface area contributed by atoms with E-state index < -0.39 is 5.97 Å². The first-order valence-electron chi connectivity index (χ1n) is 6.63. The lowest BCUT2D eigenvalue weighted by Crippen LogP contribution is -2.01. The summed E-state index contributed by atoms with van der Waals surface area (Å²) in [6.45, 7) is 0. The molecule has 0 unspecified atom stereocenters. The zero-order valence-electron chi connectivity index (χ0n) is 10.9. The van der Waals surface area contributed by atoms with Crippen molar-refractivity contribution in [3.8, 4) is 0 Å². The Hall–Kier alpha value is -2.04. The number of hydrogen-bond acceptors (Lipinski definition) is 3. The quantitative estimate of drug-likeness (QED) is 0.889. The van der Waals surface area contributed by atoms with Crippen LogP contribution in [-0.2, 0) is 0 Å². The fourth-order valence-electron chi connectivity index (χ4n) is 2.89. The van der Waals surface area contributed by atoms with Gasteiger partial charge >= 0.3 is 5.97 Å². The maximum absolute atomic E-state index is 11.3. The van der Waals surface area contributed by atoms with Gasteiger partial charge in [-0.15, -0.1) is 0 Å². The van der Waals surface area contributed by atoms with Gasteiger partial charge in [0, 0.05) is 19.2 Å². The van der Waals surface area contributed by atoms with E-state index in [4.69, 9.17) is 0 Å². The van der Waals surface area contributed by atoms with Crippen LogP contribution in [0.4, 0.5) is 5.69 Å². The predicted octanol–water partition coefficient (Wildman–Crippen LogP) is 2.73. The van der Waals surface area contributed by atoms with Gasteiger partial charge in [0.2, 0.25) is 0 Å². The summed E-state index contributed by atoms with van der Waals surface area (Å²) in [5.74, 6) is 0.314. The average molecular weight is 259 g/mol. The Labute approximate surface area is 111 Å². The number of carboxylic acid groups (broad SMARTS) is 1. The minimum atomic E-state index is -0.959. The van der Waals surface area contributed by atoms with Crippen molar-refractivity contribution < 1.29 is 9.90 Å². The monoisotopic (exact) mass is 259 g/mol. The number of hydrogen-bond donors (Lipinski definition) is 2. The summed E-state index contributed by atoms with van der Waals surface area (Å²) in [6, 6.07) is 3.70. The third kappa shape index (κ3) is 1.95. The number of carbonyl (C=O) groups is 1. The van der Waals surface area contributed by atoms with Gasteiger partial charge in [-0.1, -0.05) is 12.8 Å².